The fourth-order valence-electron chi connectivity index (χ4n) is 2.92. The van der Waals surface area contributed by atoms with Gasteiger partial charge in [-0.05, 0) is 19.8 Å². The van der Waals surface area contributed by atoms with Crippen LogP contribution in [-0.2, 0) is 17.9 Å². The zero-order chi connectivity index (χ0) is 14.7. The number of methoxy groups -OCH3 is 1. The summed E-state index contributed by atoms with van der Waals surface area (Å²) in [5, 5.41) is 0. The van der Waals surface area contributed by atoms with Gasteiger partial charge in [0.05, 0.1) is 6.33 Å². The lowest BCUT2D eigenvalue weighted by Gasteiger charge is -2.26. The Balaban J connectivity index is 1.81. The first-order valence-corrected chi connectivity index (χ1v) is 7.32. The minimum Gasteiger partial charge on any atom is -0.377 e. The fourth-order valence-corrected chi connectivity index (χ4v) is 2.92. The highest BCUT2D eigenvalue weighted by Crippen LogP contribution is 2.25. The molecule has 3 rings (SSSR count). The highest BCUT2D eigenvalue weighted by atomic mass is 16.5. The van der Waals surface area contributed by atoms with Crippen LogP contribution < -0.4 is 4.90 Å². The Kier molecular flexibility index (Phi) is 4.15. The number of imidazole rings is 1. The summed E-state index contributed by atoms with van der Waals surface area (Å²) < 4.78 is 7.29. The van der Waals surface area contributed by atoms with Gasteiger partial charge in [-0.2, -0.15) is 0 Å². The summed E-state index contributed by atoms with van der Waals surface area (Å²) >= 11 is 0. The van der Waals surface area contributed by atoms with Crippen LogP contribution in [0, 0.1) is 6.92 Å². The number of aryl methyl sites for hydroxylation is 1. The zero-order valence-corrected chi connectivity index (χ0v) is 12.6. The van der Waals surface area contributed by atoms with Crippen molar-refractivity contribution in [2.24, 2.45) is 0 Å². The van der Waals surface area contributed by atoms with Gasteiger partial charge in [-0.25, -0.2) is 15.0 Å². The van der Waals surface area contributed by atoms with Crippen LogP contribution >= 0.6 is 0 Å². The molecule has 2 aromatic heterocycles. The van der Waals surface area contributed by atoms with Gasteiger partial charge in [0.25, 0.3) is 0 Å². The number of hydrogen-bond donors (Lipinski definition) is 0. The van der Waals surface area contributed by atoms with Crippen molar-refractivity contribution in [3.8, 4) is 0 Å². The van der Waals surface area contributed by atoms with Crippen molar-refractivity contribution < 1.29 is 4.74 Å². The fraction of sp³-hybridized carbons (Fsp3) is 0.533. The first-order valence-electron chi connectivity index (χ1n) is 7.32. The van der Waals surface area contributed by atoms with Crippen LogP contribution in [0.15, 0.2) is 24.8 Å². The summed E-state index contributed by atoms with van der Waals surface area (Å²) in [6.07, 6.45) is 8.09. The lowest BCUT2D eigenvalue weighted by Crippen LogP contribution is -2.33. The minimum atomic E-state index is 0.453. The summed E-state index contributed by atoms with van der Waals surface area (Å²) in [5.41, 5.74) is 0.986. The lowest BCUT2D eigenvalue weighted by molar-refractivity contribution is 0.177. The molecule has 1 atom stereocenters. The molecule has 1 unspecified atom stereocenters. The van der Waals surface area contributed by atoms with E-state index in [2.05, 4.69) is 30.5 Å². The van der Waals surface area contributed by atoms with Gasteiger partial charge in [-0.1, -0.05) is 0 Å². The molecule has 0 N–H and O–H groups in total. The number of ether oxygens (including phenoxy) is 1. The first-order chi connectivity index (χ1) is 10.3. The Bertz CT molecular complexity index is 584. The smallest absolute Gasteiger partial charge is 0.156 e. The van der Waals surface area contributed by atoms with Crippen molar-refractivity contribution in [1.29, 1.82) is 0 Å². The van der Waals surface area contributed by atoms with E-state index in [1.807, 2.05) is 25.6 Å². The van der Waals surface area contributed by atoms with Gasteiger partial charge in [-0.3, -0.25) is 0 Å². The highest BCUT2D eigenvalue weighted by Gasteiger charge is 2.26. The molecule has 1 fully saturated rings. The third kappa shape index (κ3) is 3.21. The Morgan fingerprint density at radius 2 is 2.29 bits per heavy atom. The molecule has 21 heavy (non-hydrogen) atoms. The predicted octanol–water partition coefficient (Wildman–Crippen LogP) is 1.80. The van der Waals surface area contributed by atoms with Crippen LogP contribution in [0.3, 0.4) is 0 Å². The molecular formula is C15H21N5O. The Morgan fingerprint density at radius 3 is 3.05 bits per heavy atom. The quantitative estimate of drug-likeness (QED) is 0.839. The third-order valence-corrected chi connectivity index (χ3v) is 3.81. The molecule has 1 aliphatic heterocycles. The van der Waals surface area contributed by atoms with Crippen LogP contribution in [0.1, 0.15) is 24.4 Å². The van der Waals surface area contributed by atoms with Gasteiger partial charge in [0.15, 0.2) is 5.82 Å². The summed E-state index contributed by atoms with van der Waals surface area (Å²) in [6, 6.07) is 2.52. The van der Waals surface area contributed by atoms with E-state index in [4.69, 9.17) is 4.74 Å². The summed E-state index contributed by atoms with van der Waals surface area (Å²) in [5.74, 6) is 1.76. The molecule has 6 nitrogen and oxygen atoms in total. The van der Waals surface area contributed by atoms with Crippen LogP contribution in [0.2, 0.25) is 0 Å². The first kappa shape index (κ1) is 14.0. The average Bonchev–Trinajstić information content (AvgIpc) is 3.10. The molecule has 0 bridgehead atoms. The third-order valence-electron chi connectivity index (χ3n) is 3.81. The van der Waals surface area contributed by atoms with Crippen LogP contribution in [0.5, 0.6) is 0 Å². The largest absolute Gasteiger partial charge is 0.377 e. The molecule has 1 saturated heterocycles. The van der Waals surface area contributed by atoms with Gasteiger partial charge in [-0.15, -0.1) is 0 Å². The molecule has 3 heterocycles. The van der Waals surface area contributed by atoms with E-state index >= 15 is 0 Å². The Morgan fingerprint density at radius 1 is 1.38 bits per heavy atom. The van der Waals surface area contributed by atoms with Crippen molar-refractivity contribution in [1.82, 2.24) is 19.5 Å². The standard InChI is InChI=1S/C15H21N5O/c1-12-8-15(18-14(17-12)10-21-2)20-6-3-4-13(20)9-19-7-5-16-11-19/h5,7-8,11,13H,3-4,6,9-10H2,1-2H3. The number of nitrogens with zero attached hydrogens (tertiary/aromatic N) is 5. The number of aromatic nitrogens is 4. The SMILES string of the molecule is COCc1nc(C)cc(N2CCCC2Cn2ccnc2)n1. The van der Waals surface area contributed by atoms with Gasteiger partial charge in [0.1, 0.15) is 12.4 Å². The second-order valence-electron chi connectivity index (χ2n) is 5.47. The van der Waals surface area contributed by atoms with Gasteiger partial charge < -0.3 is 14.2 Å². The van der Waals surface area contributed by atoms with Crippen molar-refractivity contribution >= 4 is 5.82 Å². The van der Waals surface area contributed by atoms with E-state index in [1.54, 1.807) is 7.11 Å². The molecule has 0 aromatic carbocycles. The lowest BCUT2D eigenvalue weighted by atomic mass is 10.2. The van der Waals surface area contributed by atoms with Crippen LogP contribution in [0.25, 0.3) is 0 Å². The maximum Gasteiger partial charge on any atom is 0.156 e. The zero-order valence-electron chi connectivity index (χ0n) is 12.6. The van der Waals surface area contributed by atoms with E-state index in [9.17, 15) is 0 Å². The summed E-state index contributed by atoms with van der Waals surface area (Å²) in [7, 11) is 1.67. The Hall–Kier alpha value is -1.95. The molecule has 0 saturated carbocycles. The van der Waals surface area contributed by atoms with E-state index in [-0.39, 0.29) is 0 Å². The summed E-state index contributed by atoms with van der Waals surface area (Å²) in [4.78, 5) is 15.6. The van der Waals surface area contributed by atoms with Gasteiger partial charge in [0, 0.05) is 50.4 Å². The van der Waals surface area contributed by atoms with Crippen molar-refractivity contribution in [3.05, 3.63) is 36.3 Å². The molecule has 0 spiro atoms. The topological polar surface area (TPSA) is 56.1 Å². The van der Waals surface area contributed by atoms with E-state index < -0.39 is 0 Å². The molecule has 0 radical (unpaired) electrons. The van der Waals surface area contributed by atoms with E-state index in [1.165, 1.54) is 12.8 Å². The monoisotopic (exact) mass is 287 g/mol. The van der Waals surface area contributed by atoms with E-state index in [0.717, 1.165) is 30.4 Å². The normalized spacial score (nSPS) is 18.4. The maximum atomic E-state index is 5.16. The minimum absolute atomic E-state index is 0.453. The van der Waals surface area contributed by atoms with Crippen molar-refractivity contribution in [2.75, 3.05) is 18.6 Å². The predicted molar refractivity (Wildman–Crippen MR) is 80.1 cm³/mol. The molecule has 1 aliphatic rings. The molecule has 2 aromatic rings. The molecule has 112 valence electrons. The Labute approximate surface area is 124 Å². The maximum absolute atomic E-state index is 5.16. The van der Waals surface area contributed by atoms with E-state index in [0.29, 0.717) is 12.6 Å². The molecule has 0 amide bonds. The summed E-state index contributed by atoms with van der Waals surface area (Å²) in [6.45, 7) is 4.45. The number of hydrogen-bond acceptors (Lipinski definition) is 5. The molecular weight excluding hydrogens is 266 g/mol. The van der Waals surface area contributed by atoms with Crippen molar-refractivity contribution in [3.63, 3.8) is 0 Å². The second kappa shape index (κ2) is 6.22. The van der Waals surface area contributed by atoms with Gasteiger partial charge >= 0.3 is 0 Å². The second-order valence-corrected chi connectivity index (χ2v) is 5.47. The van der Waals surface area contributed by atoms with Gasteiger partial charge in [0.2, 0.25) is 0 Å². The van der Waals surface area contributed by atoms with Crippen LogP contribution in [-0.4, -0.2) is 39.2 Å². The van der Waals surface area contributed by atoms with Crippen molar-refractivity contribution in [2.45, 2.75) is 39.0 Å². The number of rotatable bonds is 5. The molecule has 0 aliphatic carbocycles. The number of anilines is 1. The average molecular weight is 287 g/mol. The van der Waals surface area contributed by atoms with Crippen LogP contribution in [0.4, 0.5) is 5.82 Å². The molecule has 6 heteroatoms. The highest BCUT2D eigenvalue weighted by molar-refractivity contribution is 5.42.